The Labute approximate surface area is 108 Å². The quantitative estimate of drug-likeness (QED) is 0.815. The van der Waals surface area contributed by atoms with Gasteiger partial charge in [0.15, 0.2) is 0 Å². The summed E-state index contributed by atoms with van der Waals surface area (Å²) in [6.07, 6.45) is 3.69. The summed E-state index contributed by atoms with van der Waals surface area (Å²) < 4.78 is 5.72. The highest BCUT2D eigenvalue weighted by Gasteiger charge is 2.28. The SMILES string of the molecule is CCC(C)C1COC(c2cccc(C3CC3)n2)=N1. The van der Waals surface area contributed by atoms with Crippen molar-refractivity contribution in [2.75, 3.05) is 6.61 Å². The standard InChI is InChI=1S/C15H20N2O/c1-3-10(2)14-9-18-15(17-14)13-6-4-5-12(16-13)11-7-8-11/h4-6,10-11,14H,3,7-9H2,1-2H3. The number of hydrogen-bond donors (Lipinski definition) is 0. The highest BCUT2D eigenvalue weighted by atomic mass is 16.5. The molecule has 0 spiro atoms. The Kier molecular flexibility index (Phi) is 3.06. The zero-order valence-electron chi connectivity index (χ0n) is 11.1. The van der Waals surface area contributed by atoms with Gasteiger partial charge in [-0.1, -0.05) is 26.3 Å². The maximum absolute atomic E-state index is 5.72. The molecule has 0 N–H and O–H groups in total. The Balaban J connectivity index is 1.80. The van der Waals surface area contributed by atoms with Crippen molar-refractivity contribution in [2.45, 2.75) is 45.1 Å². The highest BCUT2D eigenvalue weighted by Crippen LogP contribution is 2.38. The number of aliphatic imine (C=N–C) groups is 1. The highest BCUT2D eigenvalue weighted by molar-refractivity contribution is 5.93. The maximum atomic E-state index is 5.72. The second-order valence-electron chi connectivity index (χ2n) is 5.42. The van der Waals surface area contributed by atoms with Gasteiger partial charge in [0.25, 0.3) is 0 Å². The van der Waals surface area contributed by atoms with Crippen LogP contribution in [0.2, 0.25) is 0 Å². The van der Waals surface area contributed by atoms with Crippen LogP contribution < -0.4 is 0 Å². The first-order valence-electron chi connectivity index (χ1n) is 6.96. The first kappa shape index (κ1) is 11.7. The van der Waals surface area contributed by atoms with E-state index in [0.29, 0.717) is 24.5 Å². The van der Waals surface area contributed by atoms with Crippen LogP contribution in [0.1, 0.15) is 50.4 Å². The maximum Gasteiger partial charge on any atom is 0.235 e. The molecule has 1 saturated carbocycles. The van der Waals surface area contributed by atoms with Gasteiger partial charge in [-0.3, -0.25) is 0 Å². The third-order valence-electron chi connectivity index (χ3n) is 3.96. The zero-order chi connectivity index (χ0) is 12.5. The molecule has 1 fully saturated rings. The van der Waals surface area contributed by atoms with Crippen LogP contribution in [0, 0.1) is 5.92 Å². The van der Waals surface area contributed by atoms with Gasteiger partial charge in [-0.2, -0.15) is 0 Å². The van der Waals surface area contributed by atoms with Crippen LogP contribution in [0.25, 0.3) is 0 Å². The zero-order valence-corrected chi connectivity index (χ0v) is 11.1. The summed E-state index contributed by atoms with van der Waals surface area (Å²) in [6, 6.07) is 6.49. The van der Waals surface area contributed by atoms with Crippen molar-refractivity contribution >= 4 is 5.90 Å². The molecule has 0 amide bonds. The van der Waals surface area contributed by atoms with Crippen molar-refractivity contribution in [3.63, 3.8) is 0 Å². The van der Waals surface area contributed by atoms with Crippen LogP contribution in [0.3, 0.4) is 0 Å². The van der Waals surface area contributed by atoms with Gasteiger partial charge in [0.05, 0.1) is 6.04 Å². The largest absolute Gasteiger partial charge is 0.474 e. The van der Waals surface area contributed by atoms with Gasteiger partial charge < -0.3 is 4.74 Å². The van der Waals surface area contributed by atoms with Crippen LogP contribution in [-0.2, 0) is 4.74 Å². The fraction of sp³-hybridized carbons (Fsp3) is 0.600. The van der Waals surface area contributed by atoms with Gasteiger partial charge in [-0.05, 0) is 30.9 Å². The molecular weight excluding hydrogens is 224 g/mol. The van der Waals surface area contributed by atoms with E-state index in [1.54, 1.807) is 0 Å². The number of pyridine rings is 1. The van der Waals surface area contributed by atoms with Crippen LogP contribution in [-0.4, -0.2) is 23.5 Å². The normalized spacial score (nSPS) is 24.6. The van der Waals surface area contributed by atoms with E-state index in [1.807, 2.05) is 6.07 Å². The van der Waals surface area contributed by atoms with E-state index >= 15 is 0 Å². The fourth-order valence-electron chi connectivity index (χ4n) is 2.27. The average molecular weight is 244 g/mol. The summed E-state index contributed by atoms with van der Waals surface area (Å²) in [6.45, 7) is 5.14. The average Bonchev–Trinajstić information content (AvgIpc) is 3.15. The molecule has 2 heterocycles. The van der Waals surface area contributed by atoms with Crippen molar-refractivity contribution in [3.8, 4) is 0 Å². The molecule has 2 atom stereocenters. The molecule has 1 aliphatic heterocycles. The Morgan fingerprint density at radius 3 is 2.94 bits per heavy atom. The molecule has 0 aromatic carbocycles. The van der Waals surface area contributed by atoms with E-state index in [1.165, 1.54) is 18.5 Å². The van der Waals surface area contributed by atoms with Crippen LogP contribution in [0.4, 0.5) is 0 Å². The Hall–Kier alpha value is -1.38. The summed E-state index contributed by atoms with van der Waals surface area (Å²) in [5, 5.41) is 0. The van der Waals surface area contributed by atoms with Gasteiger partial charge in [0.2, 0.25) is 5.90 Å². The van der Waals surface area contributed by atoms with E-state index in [9.17, 15) is 0 Å². The van der Waals surface area contributed by atoms with Gasteiger partial charge in [-0.15, -0.1) is 0 Å². The van der Waals surface area contributed by atoms with E-state index in [2.05, 4.69) is 36.0 Å². The third kappa shape index (κ3) is 2.26. The van der Waals surface area contributed by atoms with Gasteiger partial charge in [0, 0.05) is 11.6 Å². The Morgan fingerprint density at radius 2 is 2.22 bits per heavy atom. The molecular formula is C15H20N2O. The molecule has 1 aromatic rings. The predicted octanol–water partition coefficient (Wildman–Crippen LogP) is 3.15. The van der Waals surface area contributed by atoms with E-state index in [4.69, 9.17) is 4.74 Å². The second kappa shape index (κ2) is 4.71. The molecule has 3 nitrogen and oxygen atoms in total. The van der Waals surface area contributed by atoms with Crippen LogP contribution >= 0.6 is 0 Å². The molecule has 3 rings (SSSR count). The molecule has 96 valence electrons. The molecule has 2 aliphatic rings. The topological polar surface area (TPSA) is 34.5 Å². The number of nitrogens with zero attached hydrogens (tertiary/aromatic N) is 2. The molecule has 3 heteroatoms. The molecule has 0 radical (unpaired) electrons. The third-order valence-corrected chi connectivity index (χ3v) is 3.96. The lowest BCUT2D eigenvalue weighted by atomic mass is 10.0. The first-order valence-corrected chi connectivity index (χ1v) is 6.96. The summed E-state index contributed by atoms with van der Waals surface area (Å²) in [4.78, 5) is 9.36. The minimum absolute atomic E-state index is 0.302. The summed E-state index contributed by atoms with van der Waals surface area (Å²) >= 11 is 0. The predicted molar refractivity (Wildman–Crippen MR) is 71.9 cm³/mol. The number of ether oxygens (including phenoxy) is 1. The summed E-state index contributed by atoms with van der Waals surface area (Å²) in [5.74, 6) is 1.99. The lowest BCUT2D eigenvalue weighted by molar-refractivity contribution is 0.282. The minimum atomic E-state index is 0.302. The number of aromatic nitrogens is 1. The van der Waals surface area contributed by atoms with Gasteiger partial charge in [0.1, 0.15) is 12.3 Å². The van der Waals surface area contributed by atoms with Crippen molar-refractivity contribution < 1.29 is 4.74 Å². The molecule has 18 heavy (non-hydrogen) atoms. The molecule has 0 saturated heterocycles. The Morgan fingerprint density at radius 1 is 1.39 bits per heavy atom. The molecule has 0 bridgehead atoms. The monoisotopic (exact) mass is 244 g/mol. The van der Waals surface area contributed by atoms with Gasteiger partial charge in [-0.25, -0.2) is 9.98 Å². The summed E-state index contributed by atoms with van der Waals surface area (Å²) in [7, 11) is 0. The van der Waals surface area contributed by atoms with E-state index in [-0.39, 0.29) is 0 Å². The van der Waals surface area contributed by atoms with Crippen molar-refractivity contribution in [1.82, 2.24) is 4.98 Å². The molecule has 2 unspecified atom stereocenters. The van der Waals surface area contributed by atoms with Crippen molar-refractivity contribution in [3.05, 3.63) is 29.6 Å². The molecule has 1 aliphatic carbocycles. The smallest absolute Gasteiger partial charge is 0.235 e. The van der Waals surface area contributed by atoms with Crippen LogP contribution in [0.15, 0.2) is 23.2 Å². The number of hydrogen-bond acceptors (Lipinski definition) is 3. The minimum Gasteiger partial charge on any atom is -0.474 e. The first-order chi connectivity index (χ1) is 8.78. The van der Waals surface area contributed by atoms with Crippen LogP contribution in [0.5, 0.6) is 0 Å². The number of rotatable bonds is 4. The molecule has 1 aromatic heterocycles. The van der Waals surface area contributed by atoms with E-state index in [0.717, 1.165) is 18.0 Å². The lowest BCUT2D eigenvalue weighted by Gasteiger charge is -2.11. The lowest BCUT2D eigenvalue weighted by Crippen LogP contribution is -2.16. The van der Waals surface area contributed by atoms with Crippen molar-refractivity contribution in [2.24, 2.45) is 10.9 Å². The fourth-order valence-corrected chi connectivity index (χ4v) is 2.27. The van der Waals surface area contributed by atoms with Crippen molar-refractivity contribution in [1.29, 1.82) is 0 Å². The second-order valence-corrected chi connectivity index (χ2v) is 5.42. The van der Waals surface area contributed by atoms with Gasteiger partial charge >= 0.3 is 0 Å². The summed E-state index contributed by atoms with van der Waals surface area (Å²) in [5.41, 5.74) is 2.11. The Bertz CT molecular complexity index is 465. The van der Waals surface area contributed by atoms with E-state index < -0.39 is 0 Å².